The van der Waals surface area contributed by atoms with Crippen molar-refractivity contribution in [2.45, 2.75) is 51.1 Å². The molecule has 0 spiro atoms. The first-order valence-corrected chi connectivity index (χ1v) is 6.68. The van der Waals surface area contributed by atoms with E-state index in [1.165, 1.54) is 44.8 Å². The third-order valence-electron chi connectivity index (χ3n) is 3.75. The standard InChI is InChI=1S/C14H21NO3/c1-15(12-6-4-2-3-5-7-12)9-13-8-11(10-18-13)14(16)17/h8,10,12H,2-7,9H2,1H3,(H,16,17). The molecule has 18 heavy (non-hydrogen) atoms. The third kappa shape index (κ3) is 3.35. The van der Waals surface area contributed by atoms with Gasteiger partial charge in [-0.25, -0.2) is 4.79 Å². The lowest BCUT2D eigenvalue weighted by Crippen LogP contribution is -2.30. The second-order valence-electron chi connectivity index (χ2n) is 5.17. The lowest BCUT2D eigenvalue weighted by atomic mass is 10.1. The summed E-state index contributed by atoms with van der Waals surface area (Å²) in [5, 5.41) is 8.84. The Bertz CT molecular complexity index is 391. The minimum Gasteiger partial charge on any atom is -0.478 e. The molecule has 1 fully saturated rings. The van der Waals surface area contributed by atoms with Crippen LogP contribution in [-0.4, -0.2) is 29.1 Å². The van der Waals surface area contributed by atoms with E-state index in [0.29, 0.717) is 12.6 Å². The van der Waals surface area contributed by atoms with Gasteiger partial charge in [0.1, 0.15) is 12.0 Å². The van der Waals surface area contributed by atoms with E-state index < -0.39 is 5.97 Å². The Labute approximate surface area is 108 Å². The monoisotopic (exact) mass is 251 g/mol. The van der Waals surface area contributed by atoms with Crippen molar-refractivity contribution in [1.82, 2.24) is 4.90 Å². The summed E-state index contributed by atoms with van der Waals surface area (Å²) in [4.78, 5) is 13.1. The Morgan fingerprint density at radius 1 is 1.39 bits per heavy atom. The van der Waals surface area contributed by atoms with Crippen LogP contribution >= 0.6 is 0 Å². The molecule has 0 saturated heterocycles. The van der Waals surface area contributed by atoms with Crippen molar-refractivity contribution in [2.24, 2.45) is 0 Å². The first kappa shape index (κ1) is 13.1. The summed E-state index contributed by atoms with van der Waals surface area (Å²) >= 11 is 0. The predicted molar refractivity (Wildman–Crippen MR) is 68.6 cm³/mol. The minimum absolute atomic E-state index is 0.235. The Morgan fingerprint density at radius 3 is 2.61 bits per heavy atom. The normalized spacial score (nSPS) is 17.9. The van der Waals surface area contributed by atoms with Crippen LogP contribution in [0.3, 0.4) is 0 Å². The van der Waals surface area contributed by atoms with E-state index in [4.69, 9.17) is 9.52 Å². The van der Waals surface area contributed by atoms with E-state index in [0.717, 1.165) is 5.76 Å². The molecule has 0 unspecified atom stereocenters. The van der Waals surface area contributed by atoms with Crippen LogP contribution in [-0.2, 0) is 6.54 Å². The molecule has 0 aliphatic heterocycles. The van der Waals surface area contributed by atoms with Gasteiger partial charge >= 0.3 is 5.97 Å². The SMILES string of the molecule is CN(Cc1cc(C(=O)O)co1)C1CCCCCC1. The van der Waals surface area contributed by atoms with E-state index >= 15 is 0 Å². The lowest BCUT2D eigenvalue weighted by Gasteiger charge is -2.25. The number of hydrogen-bond acceptors (Lipinski definition) is 3. The predicted octanol–water partition coefficient (Wildman–Crippen LogP) is 3.13. The Kier molecular flexibility index (Phi) is 4.42. The largest absolute Gasteiger partial charge is 0.478 e. The third-order valence-corrected chi connectivity index (χ3v) is 3.75. The summed E-state index contributed by atoms with van der Waals surface area (Å²) in [5.41, 5.74) is 0.235. The van der Waals surface area contributed by atoms with Crippen LogP contribution in [0.2, 0.25) is 0 Å². The van der Waals surface area contributed by atoms with Crippen molar-refractivity contribution in [3.05, 3.63) is 23.7 Å². The minimum atomic E-state index is -0.929. The molecular formula is C14H21NO3. The number of rotatable bonds is 4. The molecule has 0 aromatic carbocycles. The van der Waals surface area contributed by atoms with E-state index in [2.05, 4.69) is 11.9 Å². The molecule has 1 aliphatic carbocycles. The van der Waals surface area contributed by atoms with Crippen molar-refractivity contribution in [1.29, 1.82) is 0 Å². The zero-order chi connectivity index (χ0) is 13.0. The van der Waals surface area contributed by atoms with Gasteiger partial charge in [-0.1, -0.05) is 25.7 Å². The van der Waals surface area contributed by atoms with Crippen LogP contribution in [0.15, 0.2) is 16.7 Å². The fourth-order valence-corrected chi connectivity index (χ4v) is 2.65. The van der Waals surface area contributed by atoms with Crippen molar-refractivity contribution < 1.29 is 14.3 Å². The van der Waals surface area contributed by atoms with Gasteiger partial charge in [0.25, 0.3) is 0 Å². The zero-order valence-electron chi connectivity index (χ0n) is 10.9. The van der Waals surface area contributed by atoms with Crippen LogP contribution in [0.4, 0.5) is 0 Å². The van der Waals surface area contributed by atoms with Gasteiger partial charge < -0.3 is 9.52 Å². The first-order valence-electron chi connectivity index (χ1n) is 6.68. The number of hydrogen-bond donors (Lipinski definition) is 1. The molecule has 0 amide bonds. The summed E-state index contributed by atoms with van der Waals surface area (Å²) in [6.45, 7) is 0.692. The van der Waals surface area contributed by atoms with Gasteiger partial charge in [-0.2, -0.15) is 0 Å². The molecule has 1 saturated carbocycles. The topological polar surface area (TPSA) is 53.7 Å². The fraction of sp³-hybridized carbons (Fsp3) is 0.643. The average Bonchev–Trinajstić information content (AvgIpc) is 2.64. The molecule has 4 nitrogen and oxygen atoms in total. The summed E-state index contributed by atoms with van der Waals surface area (Å²) in [7, 11) is 2.10. The molecule has 2 rings (SSSR count). The molecule has 0 bridgehead atoms. The molecule has 1 heterocycles. The number of furan rings is 1. The Hall–Kier alpha value is -1.29. The highest BCUT2D eigenvalue weighted by atomic mass is 16.4. The summed E-state index contributed by atoms with van der Waals surface area (Å²) < 4.78 is 5.30. The van der Waals surface area contributed by atoms with Crippen molar-refractivity contribution >= 4 is 5.97 Å². The Morgan fingerprint density at radius 2 is 2.06 bits per heavy atom. The van der Waals surface area contributed by atoms with Crippen molar-refractivity contribution in [3.63, 3.8) is 0 Å². The van der Waals surface area contributed by atoms with E-state index in [-0.39, 0.29) is 5.56 Å². The first-order chi connectivity index (χ1) is 8.66. The van der Waals surface area contributed by atoms with Crippen LogP contribution < -0.4 is 0 Å². The van der Waals surface area contributed by atoms with Gasteiger partial charge in [-0.15, -0.1) is 0 Å². The number of nitrogens with zero attached hydrogens (tertiary/aromatic N) is 1. The molecular weight excluding hydrogens is 230 g/mol. The van der Waals surface area contributed by atoms with Crippen LogP contribution in [0.1, 0.15) is 54.6 Å². The lowest BCUT2D eigenvalue weighted by molar-refractivity contribution is 0.0696. The van der Waals surface area contributed by atoms with Gasteiger partial charge in [-0.3, -0.25) is 4.90 Å². The average molecular weight is 251 g/mol. The molecule has 0 radical (unpaired) electrons. The van der Waals surface area contributed by atoms with E-state index in [1.54, 1.807) is 6.07 Å². The number of carboxylic acids is 1. The maximum Gasteiger partial charge on any atom is 0.338 e. The number of aromatic carboxylic acids is 1. The maximum absolute atomic E-state index is 10.8. The zero-order valence-corrected chi connectivity index (χ0v) is 10.9. The van der Waals surface area contributed by atoms with Gasteiger partial charge in [-0.05, 0) is 26.0 Å². The van der Waals surface area contributed by atoms with Crippen LogP contribution in [0, 0.1) is 0 Å². The smallest absolute Gasteiger partial charge is 0.338 e. The van der Waals surface area contributed by atoms with Crippen LogP contribution in [0.5, 0.6) is 0 Å². The fourth-order valence-electron chi connectivity index (χ4n) is 2.65. The summed E-state index contributed by atoms with van der Waals surface area (Å²) in [5.74, 6) is -0.193. The summed E-state index contributed by atoms with van der Waals surface area (Å²) in [6.07, 6.45) is 9.08. The van der Waals surface area contributed by atoms with Gasteiger partial charge in [0.05, 0.1) is 12.1 Å². The number of carbonyl (C=O) groups is 1. The molecule has 1 aromatic heterocycles. The van der Waals surface area contributed by atoms with Gasteiger partial charge in [0, 0.05) is 6.04 Å². The van der Waals surface area contributed by atoms with Gasteiger partial charge in [0.2, 0.25) is 0 Å². The highest BCUT2D eigenvalue weighted by Crippen LogP contribution is 2.22. The quantitative estimate of drug-likeness (QED) is 0.835. The molecule has 0 atom stereocenters. The van der Waals surface area contributed by atoms with Gasteiger partial charge in [0.15, 0.2) is 0 Å². The highest BCUT2D eigenvalue weighted by molar-refractivity contribution is 5.87. The highest BCUT2D eigenvalue weighted by Gasteiger charge is 2.18. The second kappa shape index (κ2) is 6.05. The van der Waals surface area contributed by atoms with Crippen molar-refractivity contribution in [3.8, 4) is 0 Å². The second-order valence-corrected chi connectivity index (χ2v) is 5.17. The molecule has 1 aromatic rings. The molecule has 1 aliphatic rings. The molecule has 1 N–H and O–H groups in total. The number of carboxylic acid groups (broad SMARTS) is 1. The summed E-state index contributed by atoms with van der Waals surface area (Å²) in [6, 6.07) is 2.22. The van der Waals surface area contributed by atoms with E-state index in [1.807, 2.05) is 0 Å². The van der Waals surface area contributed by atoms with Crippen molar-refractivity contribution in [2.75, 3.05) is 7.05 Å². The Balaban J connectivity index is 1.92. The van der Waals surface area contributed by atoms with Crippen LogP contribution in [0.25, 0.3) is 0 Å². The van der Waals surface area contributed by atoms with E-state index in [9.17, 15) is 4.79 Å². The molecule has 100 valence electrons. The maximum atomic E-state index is 10.8. The molecule has 4 heteroatoms.